The Labute approximate surface area is 168 Å². The number of hydrogen-bond donors (Lipinski definition) is 1. The van der Waals surface area contributed by atoms with E-state index >= 15 is 0 Å². The van der Waals surface area contributed by atoms with Gasteiger partial charge in [0.15, 0.2) is 0 Å². The van der Waals surface area contributed by atoms with Crippen LogP contribution in [0.4, 0.5) is 0 Å². The molecule has 1 aromatic carbocycles. The van der Waals surface area contributed by atoms with Gasteiger partial charge in [-0.05, 0) is 71.1 Å². The summed E-state index contributed by atoms with van der Waals surface area (Å²) in [6.45, 7) is 9.74. The van der Waals surface area contributed by atoms with Crippen molar-refractivity contribution < 1.29 is 14.7 Å². The molecule has 0 spiro atoms. The highest BCUT2D eigenvalue weighted by molar-refractivity contribution is 5.93. The minimum absolute atomic E-state index is 0.00633. The van der Waals surface area contributed by atoms with Gasteiger partial charge in [-0.15, -0.1) is 0 Å². The molecule has 1 fully saturated rings. The fraction of sp³-hybridized carbons (Fsp3) is 0.583. The Kier molecular flexibility index (Phi) is 5.69. The Morgan fingerprint density at radius 1 is 1.25 bits per heavy atom. The second-order valence-corrected chi connectivity index (χ2v) is 9.46. The van der Waals surface area contributed by atoms with Crippen molar-refractivity contribution in [1.82, 2.24) is 5.32 Å². The number of amides is 1. The van der Waals surface area contributed by atoms with Crippen LogP contribution in [-0.4, -0.2) is 18.4 Å². The average Bonchev–Trinajstić information content (AvgIpc) is 2.64. The van der Waals surface area contributed by atoms with E-state index in [1.807, 2.05) is 0 Å². The Hall–Kier alpha value is -2.10. The van der Waals surface area contributed by atoms with Gasteiger partial charge in [-0.1, -0.05) is 52.3 Å². The second kappa shape index (κ2) is 7.73. The first-order valence-corrected chi connectivity index (χ1v) is 10.5. The van der Waals surface area contributed by atoms with E-state index < -0.39 is 5.97 Å². The number of aryl methyl sites for hydroxylation is 1. The number of carboxylic acid groups (broad SMARTS) is 1. The highest BCUT2D eigenvalue weighted by Crippen LogP contribution is 2.57. The van der Waals surface area contributed by atoms with Crippen LogP contribution in [0.3, 0.4) is 0 Å². The third-order valence-corrected chi connectivity index (χ3v) is 7.21. The van der Waals surface area contributed by atoms with E-state index in [9.17, 15) is 14.7 Å². The van der Waals surface area contributed by atoms with Crippen molar-refractivity contribution in [2.24, 2.45) is 11.3 Å². The van der Waals surface area contributed by atoms with Crippen LogP contribution in [0.2, 0.25) is 0 Å². The van der Waals surface area contributed by atoms with E-state index in [1.54, 1.807) is 0 Å². The average molecular weight is 383 g/mol. The molecule has 0 unspecified atom stereocenters. The van der Waals surface area contributed by atoms with Crippen LogP contribution in [-0.2, 0) is 21.4 Å². The molecule has 0 bridgehead atoms. The first-order valence-electron chi connectivity index (χ1n) is 10.5. The summed E-state index contributed by atoms with van der Waals surface area (Å²) < 4.78 is 0. The first kappa shape index (κ1) is 20.6. The smallest absolute Gasteiger partial charge is 0.244 e. The largest absolute Gasteiger partial charge is 0.545 e. The van der Waals surface area contributed by atoms with Gasteiger partial charge in [0.1, 0.15) is 0 Å². The molecule has 1 N–H and O–H groups in total. The summed E-state index contributed by atoms with van der Waals surface area (Å²) in [4.78, 5) is 22.5. The molecule has 0 aliphatic heterocycles. The van der Waals surface area contributed by atoms with Gasteiger partial charge in [0, 0.05) is 12.6 Å². The number of carbonyl (C=O) groups is 2. The van der Waals surface area contributed by atoms with E-state index in [-0.39, 0.29) is 16.7 Å². The molecule has 28 heavy (non-hydrogen) atoms. The number of aliphatic carboxylic acids is 1. The van der Waals surface area contributed by atoms with Gasteiger partial charge in [0.2, 0.25) is 5.91 Å². The highest BCUT2D eigenvalue weighted by atomic mass is 16.4. The van der Waals surface area contributed by atoms with Crippen molar-refractivity contribution in [1.29, 1.82) is 0 Å². The van der Waals surface area contributed by atoms with Crippen molar-refractivity contribution in [2.45, 2.75) is 71.1 Å². The minimum atomic E-state index is -1.35. The van der Waals surface area contributed by atoms with Crippen LogP contribution in [0.1, 0.15) is 76.0 Å². The van der Waals surface area contributed by atoms with E-state index in [4.69, 9.17) is 0 Å². The molecule has 1 amide bonds. The highest BCUT2D eigenvalue weighted by Gasteiger charge is 2.51. The second-order valence-electron chi connectivity index (χ2n) is 9.46. The summed E-state index contributed by atoms with van der Waals surface area (Å²) in [5.41, 5.74) is 4.53. The molecule has 0 radical (unpaired) electrons. The Bertz CT molecular complexity index is 797. The quantitative estimate of drug-likeness (QED) is 0.795. The van der Waals surface area contributed by atoms with Crippen molar-refractivity contribution in [3.05, 3.63) is 47.0 Å². The van der Waals surface area contributed by atoms with Gasteiger partial charge in [-0.2, -0.15) is 0 Å². The molecule has 0 aromatic heterocycles. The fourth-order valence-electron chi connectivity index (χ4n) is 5.71. The third-order valence-electron chi connectivity index (χ3n) is 7.21. The zero-order valence-electron chi connectivity index (χ0n) is 17.5. The molecule has 2 aliphatic rings. The van der Waals surface area contributed by atoms with Gasteiger partial charge in [-0.25, -0.2) is 0 Å². The number of carboxylic acids is 1. The van der Waals surface area contributed by atoms with Crippen molar-refractivity contribution in [2.75, 3.05) is 6.54 Å². The summed E-state index contributed by atoms with van der Waals surface area (Å²) >= 11 is 0. The predicted octanol–water partition coefficient (Wildman–Crippen LogP) is 3.24. The van der Waals surface area contributed by atoms with Crippen LogP contribution in [0.15, 0.2) is 30.4 Å². The maximum Gasteiger partial charge on any atom is 0.244 e. The lowest BCUT2D eigenvalue weighted by molar-refractivity contribution is -0.297. The SMILES string of the molecule is CC(C)c1ccc2c(c1)CC[C@@H]1[C@](C)(CNC(=O)/C=C/C(=O)[O-])CCC[C@]21C. The topological polar surface area (TPSA) is 69.2 Å². The standard InChI is InChI=1S/C24H33NO3/c1-16(2)17-6-8-19-18(14-17)7-9-20-23(3,12-5-13-24(19,20)4)15-25-21(26)10-11-22(27)28/h6,8,10-11,14,16,20H,5,7,9,12-13,15H2,1-4H3,(H,25,26)(H,27,28)/p-1/b11-10+/t20-,23+,24-/m1/s1. The summed E-state index contributed by atoms with van der Waals surface area (Å²) in [6.07, 6.45) is 7.45. The van der Waals surface area contributed by atoms with E-state index in [0.717, 1.165) is 37.8 Å². The van der Waals surface area contributed by atoms with Crippen LogP contribution < -0.4 is 10.4 Å². The van der Waals surface area contributed by atoms with Gasteiger partial charge >= 0.3 is 0 Å². The van der Waals surface area contributed by atoms with Gasteiger partial charge in [0.25, 0.3) is 0 Å². The van der Waals surface area contributed by atoms with Crippen molar-refractivity contribution in [3.63, 3.8) is 0 Å². The lowest BCUT2D eigenvalue weighted by Crippen LogP contribution is -2.53. The Balaban J connectivity index is 1.82. The zero-order chi connectivity index (χ0) is 20.5. The minimum Gasteiger partial charge on any atom is -0.545 e. The molecule has 0 saturated heterocycles. The lowest BCUT2D eigenvalue weighted by Gasteiger charge is -2.55. The Morgan fingerprint density at radius 2 is 2.00 bits per heavy atom. The fourth-order valence-corrected chi connectivity index (χ4v) is 5.71. The number of benzene rings is 1. The third kappa shape index (κ3) is 3.87. The van der Waals surface area contributed by atoms with Gasteiger partial charge in [-0.3, -0.25) is 4.79 Å². The van der Waals surface area contributed by atoms with Crippen molar-refractivity contribution >= 4 is 11.9 Å². The van der Waals surface area contributed by atoms with Crippen LogP contribution in [0.5, 0.6) is 0 Å². The summed E-state index contributed by atoms with van der Waals surface area (Å²) in [7, 11) is 0. The van der Waals surface area contributed by atoms with Crippen molar-refractivity contribution in [3.8, 4) is 0 Å². The first-order chi connectivity index (χ1) is 13.2. The molecule has 2 aliphatic carbocycles. The number of nitrogens with one attached hydrogen (secondary N) is 1. The molecule has 4 nitrogen and oxygen atoms in total. The molecule has 3 rings (SSSR count). The van der Waals surface area contributed by atoms with E-state index in [2.05, 4.69) is 51.2 Å². The summed E-state index contributed by atoms with van der Waals surface area (Å²) in [5, 5.41) is 13.4. The normalized spacial score (nSPS) is 29.4. The summed E-state index contributed by atoms with van der Waals surface area (Å²) in [5.74, 6) is -0.681. The van der Waals surface area contributed by atoms with Crippen LogP contribution >= 0.6 is 0 Å². The van der Waals surface area contributed by atoms with Gasteiger partial charge in [0.05, 0.1) is 5.97 Å². The molecular weight excluding hydrogens is 350 g/mol. The predicted molar refractivity (Wildman–Crippen MR) is 109 cm³/mol. The number of hydrogen-bond acceptors (Lipinski definition) is 3. The molecule has 1 saturated carbocycles. The molecule has 1 aromatic rings. The Morgan fingerprint density at radius 3 is 2.68 bits per heavy atom. The molecule has 0 heterocycles. The lowest BCUT2D eigenvalue weighted by atomic mass is 9.49. The van der Waals surface area contributed by atoms with E-state index in [0.29, 0.717) is 18.4 Å². The maximum atomic E-state index is 12.0. The molecule has 152 valence electrons. The number of rotatable bonds is 5. The molecule has 3 atom stereocenters. The van der Waals surface area contributed by atoms with Gasteiger partial charge < -0.3 is 15.2 Å². The molecule has 4 heteroatoms. The van der Waals surface area contributed by atoms with E-state index in [1.165, 1.54) is 23.1 Å². The monoisotopic (exact) mass is 382 g/mol. The molecular formula is C24H32NO3-. The number of carbonyl (C=O) groups excluding carboxylic acids is 2. The summed E-state index contributed by atoms with van der Waals surface area (Å²) in [6, 6.07) is 7.04. The number of fused-ring (bicyclic) bond motifs is 3. The maximum absolute atomic E-state index is 12.0. The van der Waals surface area contributed by atoms with Crippen LogP contribution in [0, 0.1) is 11.3 Å². The zero-order valence-corrected chi connectivity index (χ0v) is 17.5. The van der Waals surface area contributed by atoms with Crippen LogP contribution in [0.25, 0.3) is 0 Å².